The third kappa shape index (κ3) is 2.51. The first kappa shape index (κ1) is 10.9. The van der Waals surface area contributed by atoms with Crippen LogP contribution in [0, 0.1) is 0 Å². The molecule has 0 spiro atoms. The Kier molecular flexibility index (Phi) is 2.91. The van der Waals surface area contributed by atoms with Gasteiger partial charge in [-0.3, -0.25) is 4.79 Å². The number of carbonyl (C=O) groups excluding carboxylic acids is 1. The number of hydrogen-bond acceptors (Lipinski definition) is 5. The Balaban J connectivity index is 2.03. The SMILES string of the molecule is Nc1ccc(O)c(CNC(=O)c2cn[nH]n2)c1. The average Bonchev–Trinajstić information content (AvgIpc) is 2.83. The second-order valence-corrected chi connectivity index (χ2v) is 3.43. The molecule has 7 nitrogen and oxygen atoms in total. The summed E-state index contributed by atoms with van der Waals surface area (Å²) in [6.45, 7) is 0.169. The zero-order chi connectivity index (χ0) is 12.3. The zero-order valence-electron chi connectivity index (χ0n) is 8.84. The molecular formula is C10H11N5O2. The van der Waals surface area contributed by atoms with Crippen molar-refractivity contribution >= 4 is 11.6 Å². The fourth-order valence-corrected chi connectivity index (χ4v) is 1.32. The van der Waals surface area contributed by atoms with Gasteiger partial charge >= 0.3 is 0 Å². The first-order valence-corrected chi connectivity index (χ1v) is 4.88. The van der Waals surface area contributed by atoms with Crippen LogP contribution in [-0.4, -0.2) is 26.4 Å². The maximum Gasteiger partial charge on any atom is 0.273 e. The number of nitrogens with zero attached hydrogens (tertiary/aromatic N) is 2. The fourth-order valence-electron chi connectivity index (χ4n) is 1.32. The number of aromatic hydroxyl groups is 1. The molecule has 1 aromatic carbocycles. The van der Waals surface area contributed by atoms with E-state index in [2.05, 4.69) is 20.7 Å². The van der Waals surface area contributed by atoms with E-state index in [1.165, 1.54) is 12.3 Å². The molecule has 1 aromatic heterocycles. The topological polar surface area (TPSA) is 117 Å². The molecule has 7 heteroatoms. The highest BCUT2D eigenvalue weighted by Gasteiger charge is 2.09. The van der Waals surface area contributed by atoms with E-state index < -0.39 is 0 Å². The molecule has 0 radical (unpaired) electrons. The van der Waals surface area contributed by atoms with Crippen molar-refractivity contribution in [3.05, 3.63) is 35.7 Å². The number of aromatic amines is 1. The highest BCUT2D eigenvalue weighted by Crippen LogP contribution is 2.19. The number of nitrogen functional groups attached to an aromatic ring is 1. The van der Waals surface area contributed by atoms with Gasteiger partial charge in [0.05, 0.1) is 6.20 Å². The van der Waals surface area contributed by atoms with Crippen LogP contribution in [0.15, 0.2) is 24.4 Å². The van der Waals surface area contributed by atoms with Gasteiger partial charge in [-0.15, -0.1) is 0 Å². The highest BCUT2D eigenvalue weighted by atomic mass is 16.3. The van der Waals surface area contributed by atoms with Crippen LogP contribution in [0.2, 0.25) is 0 Å². The smallest absolute Gasteiger partial charge is 0.273 e. The van der Waals surface area contributed by atoms with Crippen LogP contribution in [0.5, 0.6) is 5.75 Å². The number of phenols is 1. The van der Waals surface area contributed by atoms with Crippen molar-refractivity contribution in [1.82, 2.24) is 20.7 Å². The van der Waals surface area contributed by atoms with Crippen LogP contribution in [0.1, 0.15) is 16.1 Å². The van der Waals surface area contributed by atoms with E-state index in [9.17, 15) is 9.90 Å². The maximum atomic E-state index is 11.5. The summed E-state index contributed by atoms with van der Waals surface area (Å²) in [6, 6.07) is 4.66. The minimum atomic E-state index is -0.374. The van der Waals surface area contributed by atoms with Gasteiger partial charge in [-0.05, 0) is 18.2 Å². The molecule has 0 aliphatic rings. The molecule has 0 unspecified atom stereocenters. The Hall–Kier alpha value is -2.57. The second-order valence-electron chi connectivity index (χ2n) is 3.43. The number of aromatic nitrogens is 3. The molecule has 0 atom stereocenters. The Morgan fingerprint density at radius 3 is 3.06 bits per heavy atom. The third-order valence-corrected chi connectivity index (χ3v) is 2.19. The van der Waals surface area contributed by atoms with Crippen LogP contribution < -0.4 is 11.1 Å². The summed E-state index contributed by atoms with van der Waals surface area (Å²) in [5, 5.41) is 21.6. The number of amides is 1. The summed E-state index contributed by atoms with van der Waals surface area (Å²) in [6.07, 6.45) is 1.31. The average molecular weight is 233 g/mol. The summed E-state index contributed by atoms with van der Waals surface area (Å²) in [4.78, 5) is 11.5. The van der Waals surface area contributed by atoms with Gasteiger partial charge < -0.3 is 16.2 Å². The highest BCUT2D eigenvalue weighted by molar-refractivity contribution is 5.91. The number of nitrogens with two attached hydrogens (primary N) is 1. The van der Waals surface area contributed by atoms with Crippen molar-refractivity contribution in [1.29, 1.82) is 0 Å². The number of nitrogens with one attached hydrogen (secondary N) is 2. The second kappa shape index (κ2) is 4.52. The lowest BCUT2D eigenvalue weighted by molar-refractivity contribution is 0.0945. The summed E-state index contributed by atoms with van der Waals surface area (Å²) in [5.74, 6) is -0.291. The predicted octanol–water partition coefficient (Wildman–Crippen LogP) is 0.0225. The molecule has 88 valence electrons. The minimum absolute atomic E-state index is 0.0830. The predicted molar refractivity (Wildman–Crippen MR) is 60.1 cm³/mol. The molecule has 2 aromatic rings. The van der Waals surface area contributed by atoms with Gasteiger partial charge in [0.1, 0.15) is 5.75 Å². The number of hydrogen-bond donors (Lipinski definition) is 4. The van der Waals surface area contributed by atoms with Gasteiger partial charge in [0.15, 0.2) is 5.69 Å². The van der Waals surface area contributed by atoms with Gasteiger partial charge in [-0.25, -0.2) is 0 Å². The molecule has 1 heterocycles. The molecular weight excluding hydrogens is 222 g/mol. The first-order valence-electron chi connectivity index (χ1n) is 4.88. The summed E-state index contributed by atoms with van der Waals surface area (Å²) >= 11 is 0. The van der Waals surface area contributed by atoms with Crippen molar-refractivity contribution in [3.8, 4) is 5.75 Å². The zero-order valence-corrected chi connectivity index (χ0v) is 8.84. The molecule has 17 heavy (non-hydrogen) atoms. The standard InChI is InChI=1S/C10H11N5O2/c11-7-1-2-9(16)6(3-7)4-12-10(17)8-5-13-15-14-8/h1-3,5,16H,4,11H2,(H,12,17)(H,13,14,15). The van der Waals surface area contributed by atoms with Crippen molar-refractivity contribution < 1.29 is 9.90 Å². The number of benzene rings is 1. The van der Waals surface area contributed by atoms with Gasteiger partial charge in [-0.1, -0.05) is 0 Å². The van der Waals surface area contributed by atoms with Gasteiger partial charge in [0, 0.05) is 17.8 Å². The molecule has 1 amide bonds. The molecule has 2 rings (SSSR count). The molecule has 0 aliphatic heterocycles. The van der Waals surface area contributed by atoms with Crippen molar-refractivity contribution in [3.63, 3.8) is 0 Å². The van der Waals surface area contributed by atoms with Crippen LogP contribution in [0.3, 0.4) is 0 Å². The lowest BCUT2D eigenvalue weighted by Gasteiger charge is -2.06. The van der Waals surface area contributed by atoms with E-state index in [-0.39, 0.29) is 23.9 Å². The molecule has 0 fully saturated rings. The number of anilines is 1. The van der Waals surface area contributed by atoms with Crippen LogP contribution in [0.4, 0.5) is 5.69 Å². The lowest BCUT2D eigenvalue weighted by atomic mass is 10.2. The normalized spacial score (nSPS) is 10.1. The van der Waals surface area contributed by atoms with Gasteiger partial charge in [0.25, 0.3) is 5.91 Å². The summed E-state index contributed by atoms with van der Waals surface area (Å²) in [7, 11) is 0. The number of phenolic OH excluding ortho intramolecular Hbond substituents is 1. The fraction of sp³-hybridized carbons (Fsp3) is 0.100. The van der Waals surface area contributed by atoms with E-state index in [1.807, 2.05) is 0 Å². The van der Waals surface area contributed by atoms with Crippen LogP contribution in [-0.2, 0) is 6.54 Å². The van der Waals surface area contributed by atoms with E-state index in [4.69, 9.17) is 5.73 Å². The number of H-pyrrole nitrogens is 1. The molecule has 0 aliphatic carbocycles. The Labute approximate surface area is 96.6 Å². The molecule has 5 N–H and O–H groups in total. The number of carbonyl (C=O) groups is 1. The van der Waals surface area contributed by atoms with Gasteiger partial charge in [0.2, 0.25) is 0 Å². The van der Waals surface area contributed by atoms with Crippen LogP contribution in [0.25, 0.3) is 0 Å². The van der Waals surface area contributed by atoms with Crippen molar-refractivity contribution in [2.45, 2.75) is 6.54 Å². The third-order valence-electron chi connectivity index (χ3n) is 2.19. The van der Waals surface area contributed by atoms with Crippen LogP contribution >= 0.6 is 0 Å². The Bertz CT molecular complexity index is 523. The first-order chi connectivity index (χ1) is 8.16. The van der Waals surface area contributed by atoms with E-state index >= 15 is 0 Å². The molecule has 0 saturated heterocycles. The maximum absolute atomic E-state index is 11.5. The van der Waals surface area contributed by atoms with E-state index in [0.717, 1.165) is 0 Å². The van der Waals surface area contributed by atoms with E-state index in [0.29, 0.717) is 11.3 Å². The number of rotatable bonds is 3. The molecule has 0 bridgehead atoms. The van der Waals surface area contributed by atoms with Crippen molar-refractivity contribution in [2.75, 3.05) is 5.73 Å². The van der Waals surface area contributed by atoms with Crippen molar-refractivity contribution in [2.24, 2.45) is 0 Å². The molecule has 0 saturated carbocycles. The monoisotopic (exact) mass is 233 g/mol. The lowest BCUT2D eigenvalue weighted by Crippen LogP contribution is -2.23. The van der Waals surface area contributed by atoms with Gasteiger partial charge in [-0.2, -0.15) is 15.4 Å². The summed E-state index contributed by atoms with van der Waals surface area (Å²) in [5.41, 5.74) is 6.83. The Morgan fingerprint density at radius 1 is 1.53 bits per heavy atom. The Morgan fingerprint density at radius 2 is 2.35 bits per heavy atom. The summed E-state index contributed by atoms with van der Waals surface area (Å²) < 4.78 is 0. The van der Waals surface area contributed by atoms with E-state index in [1.54, 1.807) is 12.1 Å². The minimum Gasteiger partial charge on any atom is -0.508 e. The largest absolute Gasteiger partial charge is 0.508 e. The quantitative estimate of drug-likeness (QED) is 0.440.